The number of aromatic nitrogens is 1. The molecule has 4 rings (SSSR count). The molecular formula is C21H22N4O3S2. The number of methoxy groups -OCH3 is 1. The van der Waals surface area contributed by atoms with Gasteiger partial charge in [0.2, 0.25) is 5.91 Å². The first-order valence-electron chi connectivity index (χ1n) is 9.57. The number of thiophene rings is 1. The number of nitrogens with zero attached hydrogens (tertiary/aromatic N) is 3. The minimum absolute atomic E-state index is 0.0183. The van der Waals surface area contributed by atoms with Gasteiger partial charge in [-0.05, 0) is 29.6 Å². The van der Waals surface area contributed by atoms with Crippen LogP contribution in [0.25, 0.3) is 11.3 Å². The molecule has 0 saturated carbocycles. The van der Waals surface area contributed by atoms with Crippen LogP contribution in [0.5, 0.6) is 5.75 Å². The number of thiazole rings is 1. The van der Waals surface area contributed by atoms with Gasteiger partial charge in [0.05, 0.1) is 19.3 Å². The highest BCUT2D eigenvalue weighted by Gasteiger charge is 2.23. The molecule has 1 aliphatic rings. The monoisotopic (exact) mass is 442 g/mol. The molecule has 0 aliphatic carbocycles. The average Bonchev–Trinajstić information content (AvgIpc) is 3.49. The van der Waals surface area contributed by atoms with Crippen molar-refractivity contribution in [3.8, 4) is 17.0 Å². The average molecular weight is 443 g/mol. The zero-order chi connectivity index (χ0) is 20.9. The van der Waals surface area contributed by atoms with Crippen molar-refractivity contribution in [3.05, 3.63) is 52.0 Å². The summed E-state index contributed by atoms with van der Waals surface area (Å²) >= 11 is 3.29. The molecule has 2 aromatic heterocycles. The molecule has 1 aliphatic heterocycles. The van der Waals surface area contributed by atoms with E-state index in [2.05, 4.69) is 27.0 Å². The number of amides is 2. The molecular weight excluding hydrogens is 420 g/mol. The summed E-state index contributed by atoms with van der Waals surface area (Å²) < 4.78 is 5.13. The highest BCUT2D eigenvalue weighted by atomic mass is 32.1. The minimum atomic E-state index is -0.287. The Morgan fingerprint density at radius 1 is 1.17 bits per heavy atom. The van der Waals surface area contributed by atoms with Crippen LogP contribution in [0.2, 0.25) is 0 Å². The van der Waals surface area contributed by atoms with Crippen LogP contribution in [0.3, 0.4) is 0 Å². The molecule has 2 amide bonds. The van der Waals surface area contributed by atoms with Crippen LogP contribution in [0.4, 0.5) is 5.13 Å². The predicted octanol–water partition coefficient (Wildman–Crippen LogP) is 2.96. The fourth-order valence-corrected chi connectivity index (χ4v) is 4.77. The second kappa shape index (κ2) is 9.27. The summed E-state index contributed by atoms with van der Waals surface area (Å²) in [7, 11) is 1.55. The van der Waals surface area contributed by atoms with Crippen LogP contribution in [0, 0.1) is 0 Å². The summed E-state index contributed by atoms with van der Waals surface area (Å²) in [5.41, 5.74) is 2.61. The first-order chi connectivity index (χ1) is 14.6. The molecule has 3 heterocycles. The van der Waals surface area contributed by atoms with Crippen molar-refractivity contribution in [2.75, 3.05) is 44.7 Å². The molecule has 3 aromatic rings. The van der Waals surface area contributed by atoms with Gasteiger partial charge in [0.15, 0.2) is 5.13 Å². The molecule has 156 valence electrons. The summed E-state index contributed by atoms with van der Waals surface area (Å²) in [6, 6.07) is 8.93. The number of rotatable bonds is 6. The first kappa shape index (κ1) is 20.4. The van der Waals surface area contributed by atoms with E-state index in [9.17, 15) is 9.59 Å². The Morgan fingerprint density at radius 3 is 2.73 bits per heavy atom. The van der Waals surface area contributed by atoms with E-state index in [0.29, 0.717) is 24.4 Å². The number of anilines is 1. The van der Waals surface area contributed by atoms with E-state index < -0.39 is 0 Å². The maximum atomic E-state index is 12.5. The van der Waals surface area contributed by atoms with Crippen molar-refractivity contribution in [2.45, 2.75) is 0 Å². The lowest BCUT2D eigenvalue weighted by Gasteiger charge is -2.34. The molecule has 30 heavy (non-hydrogen) atoms. The summed E-state index contributed by atoms with van der Waals surface area (Å²) in [6.07, 6.45) is 0. The van der Waals surface area contributed by atoms with E-state index in [1.807, 2.05) is 5.38 Å². The van der Waals surface area contributed by atoms with Crippen molar-refractivity contribution in [1.82, 2.24) is 15.2 Å². The molecule has 0 bridgehead atoms. The van der Waals surface area contributed by atoms with E-state index >= 15 is 0 Å². The standard InChI is InChI=1S/C21H22N4O3S2/c1-28-17-4-2-3-15(11-17)20(27)22-12-19(26)24-6-8-25(9-7-24)21-23-18(14-30-21)16-5-10-29-13-16/h2-5,10-11,13-14H,6-9,12H2,1H3,(H,22,27). The lowest BCUT2D eigenvalue weighted by molar-refractivity contribution is -0.130. The maximum absolute atomic E-state index is 12.5. The predicted molar refractivity (Wildman–Crippen MR) is 120 cm³/mol. The van der Waals surface area contributed by atoms with Gasteiger partial charge in [0.25, 0.3) is 5.91 Å². The molecule has 1 N–H and O–H groups in total. The van der Waals surface area contributed by atoms with Gasteiger partial charge in [0.1, 0.15) is 5.75 Å². The van der Waals surface area contributed by atoms with Gasteiger partial charge in [-0.25, -0.2) is 4.98 Å². The van der Waals surface area contributed by atoms with Gasteiger partial charge in [-0.15, -0.1) is 11.3 Å². The number of nitrogens with one attached hydrogen (secondary N) is 1. The Bertz CT molecular complexity index is 1010. The summed E-state index contributed by atoms with van der Waals surface area (Å²) in [4.78, 5) is 33.5. The molecule has 1 aromatic carbocycles. The molecule has 1 fully saturated rings. The number of carbonyl (C=O) groups excluding carboxylic acids is 2. The molecule has 0 atom stereocenters. The molecule has 7 nitrogen and oxygen atoms in total. The zero-order valence-corrected chi connectivity index (χ0v) is 18.2. The molecule has 1 saturated heterocycles. The number of hydrogen-bond donors (Lipinski definition) is 1. The van der Waals surface area contributed by atoms with Gasteiger partial charge >= 0.3 is 0 Å². The largest absolute Gasteiger partial charge is 0.497 e. The van der Waals surface area contributed by atoms with Crippen LogP contribution in [0.15, 0.2) is 46.5 Å². The highest BCUT2D eigenvalue weighted by molar-refractivity contribution is 7.14. The Morgan fingerprint density at radius 2 is 2.00 bits per heavy atom. The Kier molecular flexibility index (Phi) is 6.29. The first-order valence-corrected chi connectivity index (χ1v) is 11.4. The second-order valence-corrected chi connectivity index (χ2v) is 8.43. The third-order valence-electron chi connectivity index (χ3n) is 4.94. The fraction of sp³-hybridized carbons (Fsp3) is 0.286. The summed E-state index contributed by atoms with van der Waals surface area (Å²) in [5, 5.41) is 9.89. The Hall–Kier alpha value is -2.91. The number of benzene rings is 1. The summed E-state index contributed by atoms with van der Waals surface area (Å²) in [5.74, 6) is 0.239. The third-order valence-corrected chi connectivity index (χ3v) is 6.53. The van der Waals surface area contributed by atoms with Crippen LogP contribution in [0.1, 0.15) is 10.4 Å². The van der Waals surface area contributed by atoms with Gasteiger partial charge in [0, 0.05) is 48.1 Å². The third kappa shape index (κ3) is 4.63. The maximum Gasteiger partial charge on any atom is 0.251 e. The SMILES string of the molecule is COc1cccc(C(=O)NCC(=O)N2CCN(c3nc(-c4ccsc4)cs3)CC2)c1. The van der Waals surface area contributed by atoms with Crippen molar-refractivity contribution < 1.29 is 14.3 Å². The second-order valence-electron chi connectivity index (χ2n) is 6.81. The number of hydrogen-bond acceptors (Lipinski definition) is 7. The Balaban J connectivity index is 1.26. The van der Waals surface area contributed by atoms with Gasteiger partial charge in [-0.1, -0.05) is 6.07 Å². The lowest BCUT2D eigenvalue weighted by atomic mass is 10.2. The smallest absolute Gasteiger partial charge is 0.251 e. The molecule has 0 spiro atoms. The molecule has 0 radical (unpaired) electrons. The Labute approximate surface area is 182 Å². The van der Waals surface area contributed by atoms with Crippen LogP contribution < -0.4 is 15.0 Å². The summed E-state index contributed by atoms with van der Waals surface area (Å²) in [6.45, 7) is 2.66. The zero-order valence-electron chi connectivity index (χ0n) is 16.5. The van der Waals surface area contributed by atoms with Gasteiger partial charge < -0.3 is 19.9 Å². The van der Waals surface area contributed by atoms with Gasteiger partial charge in [-0.2, -0.15) is 11.3 Å². The van der Waals surface area contributed by atoms with E-state index in [1.54, 1.807) is 58.9 Å². The normalized spacial score (nSPS) is 13.9. The van der Waals surface area contributed by atoms with Crippen molar-refractivity contribution in [3.63, 3.8) is 0 Å². The number of carbonyl (C=O) groups is 2. The van der Waals surface area contributed by atoms with Crippen molar-refractivity contribution in [1.29, 1.82) is 0 Å². The van der Waals surface area contributed by atoms with Gasteiger partial charge in [-0.3, -0.25) is 9.59 Å². The van der Waals surface area contributed by atoms with Crippen LogP contribution >= 0.6 is 22.7 Å². The topological polar surface area (TPSA) is 74.8 Å². The van der Waals surface area contributed by atoms with Crippen molar-refractivity contribution in [2.24, 2.45) is 0 Å². The van der Waals surface area contributed by atoms with E-state index in [4.69, 9.17) is 9.72 Å². The quantitative estimate of drug-likeness (QED) is 0.635. The number of ether oxygens (including phenoxy) is 1. The number of piperazine rings is 1. The highest BCUT2D eigenvalue weighted by Crippen LogP contribution is 2.29. The lowest BCUT2D eigenvalue weighted by Crippen LogP contribution is -2.51. The minimum Gasteiger partial charge on any atom is -0.497 e. The van der Waals surface area contributed by atoms with Crippen LogP contribution in [-0.2, 0) is 4.79 Å². The fourth-order valence-electron chi connectivity index (χ4n) is 3.23. The van der Waals surface area contributed by atoms with Crippen LogP contribution in [-0.4, -0.2) is 61.5 Å². The molecule has 0 unspecified atom stereocenters. The molecule has 9 heteroatoms. The van der Waals surface area contributed by atoms with E-state index in [1.165, 1.54) is 0 Å². The van der Waals surface area contributed by atoms with Crippen molar-refractivity contribution >= 4 is 39.6 Å². The van der Waals surface area contributed by atoms with E-state index in [-0.39, 0.29) is 18.4 Å². The van der Waals surface area contributed by atoms with E-state index in [0.717, 1.165) is 29.5 Å².